The zero-order valence-corrected chi connectivity index (χ0v) is 21.2. The summed E-state index contributed by atoms with van der Waals surface area (Å²) in [6.45, 7) is 6.96. The van der Waals surface area contributed by atoms with Gasteiger partial charge in [0.05, 0.1) is 11.9 Å². The highest BCUT2D eigenvalue weighted by molar-refractivity contribution is 5.27. The Labute approximate surface area is 204 Å². The van der Waals surface area contributed by atoms with Crippen LogP contribution in [0.2, 0.25) is 0 Å². The maximum absolute atomic E-state index is 12.4. The molecule has 5 heteroatoms. The highest BCUT2D eigenvalue weighted by Crippen LogP contribution is 2.70. The zero-order valence-electron chi connectivity index (χ0n) is 21.2. The molecular weight excluding hydrogens is 424 g/mol. The minimum atomic E-state index is -0.610. The van der Waals surface area contributed by atoms with Gasteiger partial charge in [0.15, 0.2) is 0 Å². The van der Waals surface area contributed by atoms with Crippen molar-refractivity contribution in [3.63, 3.8) is 0 Å². The van der Waals surface area contributed by atoms with Crippen LogP contribution in [0.4, 0.5) is 0 Å². The second-order valence-electron chi connectivity index (χ2n) is 13.1. The summed E-state index contributed by atoms with van der Waals surface area (Å²) in [5.41, 5.74) is 6.53. The SMILES string of the molecule is C[C@]12CC[C@H](N3CCC[C@H]3CN)C[C@H]1CC[C@@H]1[C@@H]2CC[C@]2(C)[C@@H](c3ccc(=O)oc3)CC[C@]12O. The van der Waals surface area contributed by atoms with Crippen molar-refractivity contribution in [1.29, 1.82) is 0 Å². The Bertz CT molecular complexity index is 958. The average Bonchev–Trinajstić information content (AvgIpc) is 3.41. The molecule has 188 valence electrons. The molecule has 1 aliphatic heterocycles. The standard InChI is InChI=1S/C29H44N2O3/c1-27-12-9-21(31-15-3-4-22(31)17-30)16-20(27)6-7-25-24(27)10-13-28(2)23(11-14-29(25,28)33)19-5-8-26(32)34-18-19/h5,8,18,20-25,33H,3-4,6-7,9-17,30H2,1-2H3/t20-,21+,22+,23-,24+,25-,27+,28-,29+/m1/s1. The summed E-state index contributed by atoms with van der Waals surface area (Å²) in [6, 6.07) is 4.79. The van der Waals surface area contributed by atoms with Gasteiger partial charge >= 0.3 is 5.63 Å². The van der Waals surface area contributed by atoms with Gasteiger partial charge in [-0.15, -0.1) is 0 Å². The number of aliphatic hydroxyl groups is 1. The highest BCUT2D eigenvalue weighted by atomic mass is 16.4. The van der Waals surface area contributed by atoms with Gasteiger partial charge < -0.3 is 15.3 Å². The van der Waals surface area contributed by atoms with E-state index in [4.69, 9.17) is 10.2 Å². The smallest absolute Gasteiger partial charge is 0.335 e. The van der Waals surface area contributed by atoms with E-state index >= 15 is 0 Å². The Kier molecular flexibility index (Phi) is 5.59. The molecule has 1 aromatic rings. The summed E-state index contributed by atoms with van der Waals surface area (Å²) in [5, 5.41) is 12.4. The topological polar surface area (TPSA) is 79.7 Å². The van der Waals surface area contributed by atoms with E-state index < -0.39 is 5.60 Å². The first kappa shape index (κ1) is 23.2. The summed E-state index contributed by atoms with van der Waals surface area (Å²) in [7, 11) is 0. The molecule has 0 spiro atoms. The zero-order chi connectivity index (χ0) is 23.7. The molecule has 0 unspecified atom stereocenters. The fourth-order valence-electron chi connectivity index (χ4n) is 10.2. The van der Waals surface area contributed by atoms with Gasteiger partial charge in [-0.05, 0) is 118 Å². The minimum absolute atomic E-state index is 0.140. The summed E-state index contributed by atoms with van der Waals surface area (Å²) in [5.74, 6) is 2.07. The Morgan fingerprint density at radius 3 is 2.68 bits per heavy atom. The van der Waals surface area contributed by atoms with E-state index in [1.54, 1.807) is 12.3 Å². The summed E-state index contributed by atoms with van der Waals surface area (Å²) < 4.78 is 5.24. The van der Waals surface area contributed by atoms with Gasteiger partial charge in [0.2, 0.25) is 0 Å². The normalized spacial score (nSPS) is 48.8. The number of rotatable bonds is 3. The maximum Gasteiger partial charge on any atom is 0.335 e. The predicted molar refractivity (Wildman–Crippen MR) is 133 cm³/mol. The molecule has 1 saturated heterocycles. The number of nitrogens with two attached hydrogens (primary N) is 1. The van der Waals surface area contributed by atoms with Gasteiger partial charge in [-0.3, -0.25) is 4.90 Å². The molecule has 6 rings (SSSR count). The molecule has 5 aliphatic rings. The fourth-order valence-corrected chi connectivity index (χ4v) is 10.2. The van der Waals surface area contributed by atoms with Gasteiger partial charge in [0.1, 0.15) is 0 Å². The quantitative estimate of drug-likeness (QED) is 0.674. The molecule has 5 fully saturated rings. The molecule has 3 N–H and O–H groups in total. The third-order valence-corrected chi connectivity index (χ3v) is 12.1. The number of hydrogen-bond donors (Lipinski definition) is 2. The summed E-state index contributed by atoms with van der Waals surface area (Å²) >= 11 is 0. The minimum Gasteiger partial charge on any atom is -0.431 e. The number of fused-ring (bicyclic) bond motifs is 5. The molecular formula is C29H44N2O3. The second-order valence-corrected chi connectivity index (χ2v) is 13.1. The van der Waals surface area contributed by atoms with E-state index in [2.05, 4.69) is 18.7 Å². The summed E-state index contributed by atoms with van der Waals surface area (Å²) in [4.78, 5) is 14.3. The second kappa shape index (κ2) is 8.18. The van der Waals surface area contributed by atoms with Crippen molar-refractivity contribution in [3.05, 3.63) is 34.4 Å². The first-order valence-corrected chi connectivity index (χ1v) is 14.1. The molecule has 0 bridgehead atoms. The third-order valence-electron chi connectivity index (χ3n) is 12.1. The fraction of sp³-hybridized carbons (Fsp3) is 0.828. The molecule has 4 aliphatic carbocycles. The molecule has 0 amide bonds. The lowest BCUT2D eigenvalue weighted by Gasteiger charge is -2.64. The lowest BCUT2D eigenvalue weighted by atomic mass is 9.43. The Hall–Kier alpha value is -1.17. The lowest BCUT2D eigenvalue weighted by molar-refractivity contribution is -0.204. The number of likely N-dealkylation sites (tertiary alicyclic amines) is 1. The highest BCUT2D eigenvalue weighted by Gasteiger charge is 2.67. The van der Waals surface area contributed by atoms with Crippen molar-refractivity contribution in [2.24, 2.45) is 34.3 Å². The van der Waals surface area contributed by atoms with Crippen molar-refractivity contribution in [2.75, 3.05) is 13.1 Å². The van der Waals surface area contributed by atoms with Crippen LogP contribution in [0, 0.1) is 28.6 Å². The molecule has 1 aromatic heterocycles. The Balaban J connectivity index is 1.24. The molecule has 0 radical (unpaired) electrons. The first-order valence-electron chi connectivity index (χ1n) is 14.1. The van der Waals surface area contributed by atoms with Gasteiger partial charge in [-0.25, -0.2) is 4.79 Å². The average molecular weight is 469 g/mol. The van der Waals surface area contributed by atoms with Crippen LogP contribution in [-0.4, -0.2) is 40.8 Å². The van der Waals surface area contributed by atoms with E-state index in [1.165, 1.54) is 57.9 Å². The summed E-state index contributed by atoms with van der Waals surface area (Å²) in [6.07, 6.45) is 14.8. The third kappa shape index (κ3) is 3.18. The lowest BCUT2D eigenvalue weighted by Crippen LogP contribution is -2.62. The monoisotopic (exact) mass is 468 g/mol. The molecule has 9 atom stereocenters. The van der Waals surface area contributed by atoms with E-state index in [0.29, 0.717) is 29.3 Å². The van der Waals surface area contributed by atoms with Crippen molar-refractivity contribution in [2.45, 2.75) is 108 Å². The molecule has 2 heterocycles. The number of hydrogen-bond acceptors (Lipinski definition) is 5. The van der Waals surface area contributed by atoms with Gasteiger partial charge in [0.25, 0.3) is 0 Å². The van der Waals surface area contributed by atoms with Crippen molar-refractivity contribution in [1.82, 2.24) is 4.90 Å². The molecule has 4 saturated carbocycles. The van der Waals surface area contributed by atoms with Crippen LogP contribution in [0.25, 0.3) is 0 Å². The van der Waals surface area contributed by atoms with Crippen molar-refractivity contribution >= 4 is 0 Å². The number of nitrogens with zero attached hydrogens (tertiary/aromatic N) is 1. The molecule has 5 nitrogen and oxygen atoms in total. The van der Waals surface area contributed by atoms with Gasteiger partial charge in [-0.2, -0.15) is 0 Å². The van der Waals surface area contributed by atoms with Crippen molar-refractivity contribution in [3.8, 4) is 0 Å². The van der Waals surface area contributed by atoms with Crippen LogP contribution in [0.5, 0.6) is 0 Å². The Morgan fingerprint density at radius 1 is 1.06 bits per heavy atom. The van der Waals surface area contributed by atoms with Crippen LogP contribution in [-0.2, 0) is 0 Å². The van der Waals surface area contributed by atoms with E-state index in [9.17, 15) is 9.90 Å². The van der Waals surface area contributed by atoms with Crippen LogP contribution < -0.4 is 11.4 Å². The van der Waals surface area contributed by atoms with Gasteiger partial charge in [0, 0.05) is 30.1 Å². The van der Waals surface area contributed by atoms with Gasteiger partial charge in [-0.1, -0.05) is 13.8 Å². The van der Waals surface area contributed by atoms with Crippen LogP contribution in [0.15, 0.2) is 27.6 Å². The van der Waals surface area contributed by atoms with E-state index in [-0.39, 0.29) is 17.0 Å². The Morgan fingerprint density at radius 2 is 1.91 bits per heavy atom. The van der Waals surface area contributed by atoms with Crippen LogP contribution in [0.3, 0.4) is 0 Å². The van der Waals surface area contributed by atoms with Crippen LogP contribution in [0.1, 0.15) is 96.0 Å². The molecule has 34 heavy (non-hydrogen) atoms. The predicted octanol–water partition coefficient (Wildman–Crippen LogP) is 4.67. The van der Waals surface area contributed by atoms with E-state index in [1.807, 2.05) is 6.07 Å². The van der Waals surface area contributed by atoms with E-state index in [0.717, 1.165) is 37.3 Å². The maximum atomic E-state index is 12.4. The largest absolute Gasteiger partial charge is 0.431 e. The first-order chi connectivity index (χ1) is 16.3. The van der Waals surface area contributed by atoms with Crippen molar-refractivity contribution < 1.29 is 9.52 Å². The molecule has 0 aromatic carbocycles. The van der Waals surface area contributed by atoms with Crippen LogP contribution >= 0.6 is 0 Å².